The van der Waals surface area contributed by atoms with Crippen molar-refractivity contribution >= 4 is 34.0 Å². The Balaban J connectivity index is 0.000000129. The number of aromatic amines is 2. The highest BCUT2D eigenvalue weighted by Gasteiger charge is 2.32. The van der Waals surface area contributed by atoms with E-state index >= 15 is 0 Å². The van der Waals surface area contributed by atoms with E-state index in [1.807, 2.05) is 24.5 Å². The van der Waals surface area contributed by atoms with Gasteiger partial charge in [0.1, 0.15) is 58.0 Å². The van der Waals surface area contributed by atoms with Crippen LogP contribution in [0.5, 0.6) is 0 Å². The molecule has 6 aliphatic rings. The lowest BCUT2D eigenvalue weighted by atomic mass is 9.97. The van der Waals surface area contributed by atoms with E-state index in [4.69, 9.17) is 29.9 Å². The Kier molecular flexibility index (Phi) is 9.16. The van der Waals surface area contributed by atoms with Crippen molar-refractivity contribution in [2.45, 2.75) is 114 Å². The van der Waals surface area contributed by atoms with Crippen LogP contribution in [0, 0.1) is 0 Å². The summed E-state index contributed by atoms with van der Waals surface area (Å²) in [7, 11) is 0. The summed E-state index contributed by atoms with van der Waals surface area (Å²) in [6.45, 7) is 5.96. The van der Waals surface area contributed by atoms with E-state index in [1.54, 1.807) is 0 Å². The number of anilines is 2. The molecule has 4 aliphatic heterocycles. The number of fused-ring (bicyclic) bond motifs is 4. The monoisotopic (exact) mass is 854 g/mol. The standard InChI is InChI=1S/2C23H25N9/c2*1-3-15(23-30-29-19-4-2-12-32(19)23)13-31(11-1)18-8-7-16-22(27-18)28-21(26-16)17-9-10-24-20(25-17)14-5-6-14/h2*7-10,14-15H,1-6,11-13H2,(H,26,27,28)/t2*15-/m10/s1. The molecule has 0 bridgehead atoms. The second kappa shape index (κ2) is 15.5. The molecule has 2 atom stereocenters. The van der Waals surface area contributed by atoms with Crippen LogP contribution in [0.1, 0.15) is 123 Å². The number of nitrogens with zero attached hydrogens (tertiary/aromatic N) is 16. The molecule has 0 spiro atoms. The van der Waals surface area contributed by atoms with Crippen LogP contribution in [-0.2, 0) is 25.9 Å². The fourth-order valence-corrected chi connectivity index (χ4v) is 10.2. The molecular weight excluding hydrogens is 805 g/mol. The number of piperidine rings is 2. The van der Waals surface area contributed by atoms with E-state index in [0.717, 1.165) is 170 Å². The molecule has 18 heteroatoms. The molecule has 2 aliphatic carbocycles. The van der Waals surface area contributed by atoms with Gasteiger partial charge in [0.05, 0.1) is 11.0 Å². The summed E-state index contributed by atoms with van der Waals surface area (Å²) in [6, 6.07) is 12.2. The second-order valence-electron chi connectivity index (χ2n) is 18.4. The number of imidazole rings is 2. The van der Waals surface area contributed by atoms with Crippen LogP contribution in [0.25, 0.3) is 45.4 Å². The smallest absolute Gasteiger partial charge is 0.180 e. The highest BCUT2D eigenvalue weighted by atomic mass is 15.3. The summed E-state index contributed by atoms with van der Waals surface area (Å²) >= 11 is 0. The van der Waals surface area contributed by atoms with Gasteiger partial charge in [-0.3, -0.25) is 0 Å². The van der Waals surface area contributed by atoms with Crippen LogP contribution >= 0.6 is 0 Å². The number of hydrogen-bond acceptors (Lipinski definition) is 14. The van der Waals surface area contributed by atoms with Crippen LogP contribution in [0.15, 0.2) is 48.8 Å². The minimum atomic E-state index is 0.400. The highest BCUT2D eigenvalue weighted by molar-refractivity contribution is 5.78. The molecule has 64 heavy (non-hydrogen) atoms. The number of rotatable bonds is 8. The summed E-state index contributed by atoms with van der Waals surface area (Å²) in [5, 5.41) is 17.9. The molecule has 4 fully saturated rings. The van der Waals surface area contributed by atoms with E-state index in [2.05, 4.69) is 83.5 Å². The first-order valence-corrected chi connectivity index (χ1v) is 23.4. The first-order chi connectivity index (χ1) is 31.6. The topological polar surface area (TPSA) is 203 Å². The lowest BCUT2D eigenvalue weighted by molar-refractivity contribution is 0.471. The number of aromatic nitrogens is 16. The third-order valence-corrected chi connectivity index (χ3v) is 13.9. The van der Waals surface area contributed by atoms with Gasteiger partial charge >= 0.3 is 0 Å². The third-order valence-electron chi connectivity index (χ3n) is 13.9. The van der Waals surface area contributed by atoms with Crippen LogP contribution in [0.4, 0.5) is 11.6 Å². The molecule has 8 aromatic heterocycles. The van der Waals surface area contributed by atoms with E-state index < -0.39 is 0 Å². The van der Waals surface area contributed by atoms with Gasteiger partial charge in [-0.25, -0.2) is 39.9 Å². The Hall–Kier alpha value is -6.72. The summed E-state index contributed by atoms with van der Waals surface area (Å²) in [4.78, 5) is 49.1. The molecule has 8 aromatic rings. The Morgan fingerprint density at radius 3 is 1.41 bits per heavy atom. The molecule has 2 saturated heterocycles. The van der Waals surface area contributed by atoms with Crippen LogP contribution < -0.4 is 9.80 Å². The number of hydrogen-bond donors (Lipinski definition) is 2. The predicted molar refractivity (Wildman–Crippen MR) is 239 cm³/mol. The predicted octanol–water partition coefficient (Wildman–Crippen LogP) is 6.43. The Morgan fingerprint density at radius 1 is 0.453 bits per heavy atom. The average molecular weight is 855 g/mol. The molecule has 12 heterocycles. The SMILES string of the molecule is c1cc(-c2nc3nc(N4CCC[C@@H](c5nnc6n5CCC6)C4)ccc3[nH]2)nc(C2CC2)n1.c1cc(-c2nc3nc(N4CCC[C@H](c5nnc6n5CCC6)C4)ccc3[nH]2)nc(C2CC2)n1. The van der Waals surface area contributed by atoms with E-state index in [1.165, 1.54) is 38.5 Å². The summed E-state index contributed by atoms with van der Waals surface area (Å²) in [5.41, 5.74) is 4.99. The van der Waals surface area contributed by atoms with Gasteiger partial charge in [0.25, 0.3) is 0 Å². The Bertz CT molecular complexity index is 2810. The molecule has 2 N–H and O–H groups in total. The largest absolute Gasteiger partial charge is 0.356 e. The third kappa shape index (κ3) is 7.12. The number of H-pyrrole nitrogens is 2. The van der Waals surface area contributed by atoms with Crippen molar-refractivity contribution in [1.29, 1.82) is 0 Å². The van der Waals surface area contributed by atoms with Gasteiger partial charge in [0, 0.05) is 88.2 Å². The highest BCUT2D eigenvalue weighted by Crippen LogP contribution is 2.40. The van der Waals surface area contributed by atoms with Gasteiger partial charge in [-0.05, 0) is 101 Å². The van der Waals surface area contributed by atoms with E-state index in [9.17, 15) is 0 Å². The zero-order valence-corrected chi connectivity index (χ0v) is 35.8. The van der Waals surface area contributed by atoms with Crippen molar-refractivity contribution in [2.75, 3.05) is 36.0 Å². The van der Waals surface area contributed by atoms with Crippen LogP contribution in [-0.4, -0.2) is 106 Å². The Morgan fingerprint density at radius 2 is 0.938 bits per heavy atom. The summed E-state index contributed by atoms with van der Waals surface area (Å²) < 4.78 is 4.67. The minimum absolute atomic E-state index is 0.400. The van der Waals surface area contributed by atoms with Gasteiger partial charge < -0.3 is 28.9 Å². The lowest BCUT2D eigenvalue weighted by Crippen LogP contribution is -2.35. The lowest BCUT2D eigenvalue weighted by Gasteiger charge is -2.33. The van der Waals surface area contributed by atoms with Gasteiger partial charge in [-0.2, -0.15) is 0 Å². The van der Waals surface area contributed by atoms with Crippen molar-refractivity contribution in [3.8, 4) is 23.0 Å². The molecule has 0 amide bonds. The van der Waals surface area contributed by atoms with E-state index in [0.29, 0.717) is 23.7 Å². The van der Waals surface area contributed by atoms with Gasteiger partial charge in [-0.15, -0.1) is 20.4 Å². The molecule has 18 nitrogen and oxygen atoms in total. The maximum atomic E-state index is 4.90. The number of aryl methyl sites for hydroxylation is 2. The maximum Gasteiger partial charge on any atom is 0.180 e. The normalized spacial score (nSPS) is 20.8. The van der Waals surface area contributed by atoms with Crippen molar-refractivity contribution in [3.63, 3.8) is 0 Å². The summed E-state index contributed by atoms with van der Waals surface area (Å²) in [5.74, 6) is 11.7. The van der Waals surface area contributed by atoms with Gasteiger partial charge in [0.2, 0.25) is 0 Å². The maximum absolute atomic E-state index is 4.90. The molecule has 324 valence electrons. The first-order valence-electron chi connectivity index (χ1n) is 23.4. The zero-order valence-electron chi connectivity index (χ0n) is 35.8. The second-order valence-corrected chi connectivity index (χ2v) is 18.4. The zero-order chi connectivity index (χ0) is 42.1. The quantitative estimate of drug-likeness (QED) is 0.169. The van der Waals surface area contributed by atoms with Crippen molar-refractivity contribution in [1.82, 2.24) is 79.4 Å². The molecular formula is C46H50N18. The molecule has 2 saturated carbocycles. The Labute approximate surface area is 368 Å². The first kappa shape index (κ1) is 37.8. The molecule has 0 aromatic carbocycles. The van der Waals surface area contributed by atoms with Crippen molar-refractivity contribution in [3.05, 3.63) is 83.7 Å². The molecule has 0 unspecified atom stereocenters. The van der Waals surface area contributed by atoms with Crippen LogP contribution in [0.3, 0.4) is 0 Å². The fraction of sp³-hybridized carbons (Fsp3) is 0.478. The number of nitrogens with one attached hydrogen (secondary N) is 2. The summed E-state index contributed by atoms with van der Waals surface area (Å²) in [6.07, 6.45) is 17.4. The minimum Gasteiger partial charge on any atom is -0.356 e. The van der Waals surface area contributed by atoms with Crippen molar-refractivity contribution in [2.24, 2.45) is 0 Å². The van der Waals surface area contributed by atoms with Crippen LogP contribution in [0.2, 0.25) is 0 Å². The molecule has 14 rings (SSSR count). The average Bonchev–Trinajstić information content (AvgIpc) is 3.92. The van der Waals surface area contributed by atoms with Gasteiger partial charge in [-0.1, -0.05) is 0 Å². The number of pyridine rings is 2. The van der Waals surface area contributed by atoms with Gasteiger partial charge in [0.15, 0.2) is 22.9 Å². The van der Waals surface area contributed by atoms with Crippen molar-refractivity contribution < 1.29 is 0 Å². The molecule has 0 radical (unpaired) electrons. The van der Waals surface area contributed by atoms with E-state index in [-0.39, 0.29) is 0 Å². The fourth-order valence-electron chi connectivity index (χ4n) is 10.2.